The smallest absolute Gasteiger partial charge is 0.241 e. The summed E-state index contributed by atoms with van der Waals surface area (Å²) < 4.78 is 4.83. The molecule has 0 aliphatic carbocycles. The predicted molar refractivity (Wildman–Crippen MR) is 58.3 cm³/mol. The van der Waals surface area contributed by atoms with E-state index in [-0.39, 0.29) is 24.3 Å². The van der Waals surface area contributed by atoms with Gasteiger partial charge in [-0.2, -0.15) is 0 Å². The SMILES string of the molecule is COCC(N)C(=O)N1CCC(C(N)=O)CC1. The number of nitrogens with zero attached hydrogens (tertiary/aromatic N) is 1. The van der Waals surface area contributed by atoms with E-state index >= 15 is 0 Å². The number of nitrogens with two attached hydrogens (primary N) is 2. The van der Waals surface area contributed by atoms with Crippen molar-refractivity contribution in [3.63, 3.8) is 0 Å². The van der Waals surface area contributed by atoms with Crippen molar-refractivity contribution in [2.24, 2.45) is 17.4 Å². The van der Waals surface area contributed by atoms with Crippen LogP contribution in [0.15, 0.2) is 0 Å². The Hall–Kier alpha value is -1.14. The highest BCUT2D eigenvalue weighted by molar-refractivity contribution is 5.82. The average molecular weight is 229 g/mol. The first-order valence-corrected chi connectivity index (χ1v) is 5.39. The number of methoxy groups -OCH3 is 1. The third kappa shape index (κ3) is 3.18. The number of likely N-dealkylation sites (tertiary alicyclic amines) is 1. The van der Waals surface area contributed by atoms with E-state index in [0.29, 0.717) is 25.9 Å². The Balaban J connectivity index is 2.41. The van der Waals surface area contributed by atoms with Crippen LogP contribution in [0.1, 0.15) is 12.8 Å². The molecule has 0 spiro atoms. The molecule has 0 radical (unpaired) electrons. The fourth-order valence-corrected chi connectivity index (χ4v) is 1.87. The van der Waals surface area contributed by atoms with Gasteiger partial charge in [0, 0.05) is 26.1 Å². The van der Waals surface area contributed by atoms with Gasteiger partial charge in [-0.3, -0.25) is 9.59 Å². The highest BCUT2D eigenvalue weighted by Gasteiger charge is 2.28. The number of rotatable bonds is 4. The molecule has 4 N–H and O–H groups in total. The zero-order valence-corrected chi connectivity index (χ0v) is 9.52. The van der Waals surface area contributed by atoms with Gasteiger partial charge in [-0.1, -0.05) is 0 Å². The molecule has 1 unspecified atom stereocenters. The molecule has 1 heterocycles. The Morgan fingerprint density at radius 3 is 2.44 bits per heavy atom. The Morgan fingerprint density at radius 1 is 1.44 bits per heavy atom. The number of ether oxygens (including phenoxy) is 1. The molecule has 1 aliphatic rings. The number of carbonyl (C=O) groups excluding carboxylic acids is 2. The molecule has 6 nitrogen and oxygen atoms in total. The molecule has 6 heteroatoms. The maximum Gasteiger partial charge on any atom is 0.241 e. The van der Waals surface area contributed by atoms with E-state index < -0.39 is 6.04 Å². The fraction of sp³-hybridized carbons (Fsp3) is 0.800. The second kappa shape index (κ2) is 5.81. The summed E-state index contributed by atoms with van der Waals surface area (Å²) in [5, 5.41) is 0. The summed E-state index contributed by atoms with van der Waals surface area (Å²) in [4.78, 5) is 24.4. The first kappa shape index (κ1) is 12.9. The lowest BCUT2D eigenvalue weighted by atomic mass is 9.96. The summed E-state index contributed by atoms with van der Waals surface area (Å²) in [7, 11) is 1.51. The molecule has 2 amide bonds. The van der Waals surface area contributed by atoms with Crippen LogP contribution < -0.4 is 11.5 Å². The quantitative estimate of drug-likeness (QED) is 0.625. The monoisotopic (exact) mass is 229 g/mol. The Bertz CT molecular complexity index is 262. The van der Waals surface area contributed by atoms with Crippen molar-refractivity contribution in [2.75, 3.05) is 26.8 Å². The van der Waals surface area contributed by atoms with Gasteiger partial charge in [-0.15, -0.1) is 0 Å². The minimum absolute atomic E-state index is 0.109. The predicted octanol–water partition coefficient (Wildman–Crippen LogP) is -1.32. The van der Waals surface area contributed by atoms with Crippen molar-refractivity contribution in [1.29, 1.82) is 0 Å². The van der Waals surface area contributed by atoms with Gasteiger partial charge in [-0.25, -0.2) is 0 Å². The van der Waals surface area contributed by atoms with E-state index in [2.05, 4.69) is 0 Å². The summed E-state index contributed by atoms with van der Waals surface area (Å²) in [6.45, 7) is 1.31. The zero-order chi connectivity index (χ0) is 12.1. The molecule has 1 fully saturated rings. The van der Waals surface area contributed by atoms with Crippen molar-refractivity contribution in [3.05, 3.63) is 0 Å². The third-order valence-corrected chi connectivity index (χ3v) is 2.87. The topological polar surface area (TPSA) is 98.7 Å². The van der Waals surface area contributed by atoms with Crippen LogP contribution in [0.3, 0.4) is 0 Å². The van der Waals surface area contributed by atoms with E-state index in [4.69, 9.17) is 16.2 Å². The van der Waals surface area contributed by atoms with Gasteiger partial charge in [0.2, 0.25) is 11.8 Å². The maximum absolute atomic E-state index is 11.8. The maximum atomic E-state index is 11.8. The minimum atomic E-state index is -0.616. The molecule has 92 valence electrons. The largest absolute Gasteiger partial charge is 0.383 e. The highest BCUT2D eigenvalue weighted by Crippen LogP contribution is 2.16. The molecular formula is C10H19N3O3. The lowest BCUT2D eigenvalue weighted by Gasteiger charge is -2.32. The summed E-state index contributed by atoms with van der Waals surface area (Å²) in [5.74, 6) is -0.513. The van der Waals surface area contributed by atoms with Crippen LogP contribution in [-0.4, -0.2) is 49.6 Å². The molecule has 16 heavy (non-hydrogen) atoms. The number of piperidine rings is 1. The summed E-state index contributed by atoms with van der Waals surface area (Å²) in [5.41, 5.74) is 10.9. The fourth-order valence-electron chi connectivity index (χ4n) is 1.87. The van der Waals surface area contributed by atoms with Crippen LogP contribution in [0.5, 0.6) is 0 Å². The molecule has 0 aromatic heterocycles. The van der Waals surface area contributed by atoms with Crippen LogP contribution in [0.2, 0.25) is 0 Å². The van der Waals surface area contributed by atoms with Crippen LogP contribution >= 0.6 is 0 Å². The van der Waals surface area contributed by atoms with E-state index in [9.17, 15) is 9.59 Å². The van der Waals surface area contributed by atoms with Crippen LogP contribution in [0.25, 0.3) is 0 Å². The molecule has 0 bridgehead atoms. The second-order valence-corrected chi connectivity index (χ2v) is 4.06. The van der Waals surface area contributed by atoms with E-state index in [0.717, 1.165) is 0 Å². The molecule has 1 saturated heterocycles. The zero-order valence-electron chi connectivity index (χ0n) is 9.52. The molecule has 0 saturated carbocycles. The number of carbonyl (C=O) groups is 2. The summed E-state index contributed by atoms with van der Waals surface area (Å²) in [6.07, 6.45) is 1.25. The van der Waals surface area contributed by atoms with Crippen LogP contribution in [0, 0.1) is 5.92 Å². The lowest BCUT2D eigenvalue weighted by Crippen LogP contribution is -2.50. The second-order valence-electron chi connectivity index (χ2n) is 4.06. The molecule has 1 rings (SSSR count). The standard InChI is InChI=1S/C10H19N3O3/c1-16-6-8(11)10(15)13-4-2-7(3-5-13)9(12)14/h7-8H,2-6,11H2,1H3,(H2,12,14). The van der Waals surface area contributed by atoms with Gasteiger partial charge >= 0.3 is 0 Å². The van der Waals surface area contributed by atoms with Crippen molar-refractivity contribution >= 4 is 11.8 Å². The first-order valence-electron chi connectivity index (χ1n) is 5.39. The Kier molecular flexibility index (Phi) is 4.70. The van der Waals surface area contributed by atoms with Crippen molar-refractivity contribution in [3.8, 4) is 0 Å². The molecule has 1 atom stereocenters. The minimum Gasteiger partial charge on any atom is -0.383 e. The first-order chi connectivity index (χ1) is 7.56. The van der Waals surface area contributed by atoms with Gasteiger partial charge in [0.15, 0.2) is 0 Å². The van der Waals surface area contributed by atoms with E-state index in [1.54, 1.807) is 4.90 Å². The van der Waals surface area contributed by atoms with Gasteiger partial charge in [0.1, 0.15) is 6.04 Å². The normalized spacial score (nSPS) is 19.5. The van der Waals surface area contributed by atoms with Gasteiger partial charge in [0.25, 0.3) is 0 Å². The molecule has 1 aliphatic heterocycles. The number of hydrogen-bond donors (Lipinski definition) is 2. The average Bonchev–Trinajstić information content (AvgIpc) is 2.28. The summed E-state index contributed by atoms with van der Waals surface area (Å²) >= 11 is 0. The number of amides is 2. The molecule has 0 aromatic rings. The molecular weight excluding hydrogens is 210 g/mol. The highest BCUT2D eigenvalue weighted by atomic mass is 16.5. The van der Waals surface area contributed by atoms with E-state index in [1.807, 2.05) is 0 Å². The lowest BCUT2D eigenvalue weighted by molar-refractivity contribution is -0.137. The van der Waals surface area contributed by atoms with Crippen molar-refractivity contribution < 1.29 is 14.3 Å². The Labute approximate surface area is 94.9 Å². The van der Waals surface area contributed by atoms with Crippen LogP contribution in [0.4, 0.5) is 0 Å². The van der Waals surface area contributed by atoms with Gasteiger partial charge < -0.3 is 21.1 Å². The van der Waals surface area contributed by atoms with Crippen molar-refractivity contribution in [1.82, 2.24) is 4.90 Å². The van der Waals surface area contributed by atoms with Crippen LogP contribution in [-0.2, 0) is 14.3 Å². The number of primary amides is 1. The summed E-state index contributed by atoms with van der Waals surface area (Å²) in [6, 6.07) is -0.616. The van der Waals surface area contributed by atoms with Gasteiger partial charge in [0.05, 0.1) is 6.61 Å². The number of hydrogen-bond acceptors (Lipinski definition) is 4. The third-order valence-electron chi connectivity index (χ3n) is 2.87. The van der Waals surface area contributed by atoms with Crippen molar-refractivity contribution in [2.45, 2.75) is 18.9 Å². The Morgan fingerprint density at radius 2 is 2.00 bits per heavy atom. The van der Waals surface area contributed by atoms with Gasteiger partial charge in [-0.05, 0) is 12.8 Å². The van der Waals surface area contributed by atoms with E-state index in [1.165, 1.54) is 7.11 Å². The molecule has 0 aromatic carbocycles.